The maximum Gasteiger partial charge on any atom is 0.261 e. The molecule has 0 aliphatic heterocycles. The number of primary amides is 1. The Morgan fingerprint density at radius 1 is 1.25 bits per heavy atom. The molecular weight excluding hydrogens is 378 g/mol. The third-order valence-electron chi connectivity index (χ3n) is 4.20. The van der Waals surface area contributed by atoms with E-state index in [1.54, 1.807) is 36.4 Å². The first-order chi connectivity index (χ1) is 13.6. The molecule has 140 valence electrons. The zero-order valence-corrected chi connectivity index (χ0v) is 15.6. The molecule has 0 radical (unpaired) electrons. The number of fused-ring (bicyclic) bond motifs is 1. The number of benzene rings is 1. The molecule has 8 heteroatoms. The van der Waals surface area contributed by atoms with E-state index in [1.165, 1.54) is 24.7 Å². The molecule has 7 nitrogen and oxygen atoms in total. The number of nitrogens with zero attached hydrogens (tertiary/aromatic N) is 1. The van der Waals surface area contributed by atoms with E-state index in [-0.39, 0.29) is 22.9 Å². The number of pyridine rings is 1. The van der Waals surface area contributed by atoms with Gasteiger partial charge in [0.25, 0.3) is 11.8 Å². The molecule has 4 aromatic rings. The lowest BCUT2D eigenvalue weighted by molar-refractivity contribution is 0.0999. The first-order valence-corrected chi connectivity index (χ1v) is 9.21. The van der Waals surface area contributed by atoms with E-state index >= 15 is 0 Å². The van der Waals surface area contributed by atoms with Gasteiger partial charge in [0.1, 0.15) is 11.3 Å². The molecule has 0 aliphatic rings. The maximum absolute atomic E-state index is 12.7. The highest BCUT2D eigenvalue weighted by Crippen LogP contribution is 2.32. The van der Waals surface area contributed by atoms with E-state index in [0.29, 0.717) is 27.9 Å². The quantitative estimate of drug-likeness (QED) is 0.534. The Bertz CT molecular complexity index is 1170. The highest BCUT2D eigenvalue weighted by molar-refractivity contribution is 7.08. The topological polar surface area (TPSA) is 107 Å². The summed E-state index contributed by atoms with van der Waals surface area (Å²) in [5.74, 6) is -0.419. The van der Waals surface area contributed by atoms with Crippen molar-refractivity contribution in [3.63, 3.8) is 0 Å². The molecule has 28 heavy (non-hydrogen) atoms. The van der Waals surface area contributed by atoms with Crippen LogP contribution in [0.15, 0.2) is 57.8 Å². The highest BCUT2D eigenvalue weighted by atomic mass is 32.1. The van der Waals surface area contributed by atoms with Crippen molar-refractivity contribution in [3.05, 3.63) is 64.5 Å². The number of anilines is 1. The van der Waals surface area contributed by atoms with Crippen molar-refractivity contribution < 1.29 is 18.7 Å². The van der Waals surface area contributed by atoms with Crippen LogP contribution < -0.4 is 15.8 Å². The third kappa shape index (κ3) is 3.10. The maximum atomic E-state index is 12.7. The predicted octanol–water partition coefficient (Wildman–Crippen LogP) is 3.92. The minimum atomic E-state index is -0.651. The van der Waals surface area contributed by atoms with Crippen LogP contribution in [0.25, 0.3) is 22.2 Å². The molecule has 4 rings (SSSR count). The van der Waals surface area contributed by atoms with Crippen LogP contribution in [0.2, 0.25) is 0 Å². The van der Waals surface area contributed by atoms with Crippen molar-refractivity contribution in [3.8, 4) is 17.2 Å². The summed E-state index contributed by atoms with van der Waals surface area (Å²) in [5, 5.41) is 7.06. The van der Waals surface area contributed by atoms with Gasteiger partial charge in [0.15, 0.2) is 0 Å². The van der Waals surface area contributed by atoms with Crippen LogP contribution in [-0.4, -0.2) is 23.9 Å². The van der Waals surface area contributed by atoms with E-state index < -0.39 is 5.91 Å². The van der Waals surface area contributed by atoms with Gasteiger partial charge in [-0.15, -0.1) is 0 Å². The number of nitrogens with two attached hydrogens (primary N) is 1. The lowest BCUT2D eigenvalue weighted by Gasteiger charge is -2.12. The van der Waals surface area contributed by atoms with Gasteiger partial charge in [-0.3, -0.25) is 9.59 Å². The van der Waals surface area contributed by atoms with Crippen LogP contribution in [0.5, 0.6) is 5.88 Å². The second-order valence-corrected chi connectivity index (χ2v) is 6.69. The number of aromatic nitrogens is 1. The van der Waals surface area contributed by atoms with Gasteiger partial charge in [-0.1, -0.05) is 6.07 Å². The smallest absolute Gasteiger partial charge is 0.261 e. The van der Waals surface area contributed by atoms with Gasteiger partial charge in [0, 0.05) is 16.3 Å². The molecule has 0 saturated carbocycles. The Morgan fingerprint density at radius 3 is 2.75 bits per heavy atom. The fraction of sp³-hybridized carbons (Fsp3) is 0.0500. The van der Waals surface area contributed by atoms with Crippen LogP contribution in [0, 0.1) is 0 Å². The summed E-state index contributed by atoms with van der Waals surface area (Å²) >= 11 is 1.47. The van der Waals surface area contributed by atoms with E-state index in [4.69, 9.17) is 14.9 Å². The molecular formula is C20H15N3O4S. The van der Waals surface area contributed by atoms with Crippen molar-refractivity contribution in [1.29, 1.82) is 0 Å². The molecule has 0 spiro atoms. The number of hydrogen-bond acceptors (Lipinski definition) is 6. The zero-order chi connectivity index (χ0) is 19.7. The first kappa shape index (κ1) is 17.7. The number of carbonyl (C=O) groups excluding carboxylic acids is 2. The molecule has 0 atom stereocenters. The molecule has 0 aliphatic carbocycles. The number of carbonyl (C=O) groups is 2. The minimum Gasteiger partial charge on any atom is -0.480 e. The van der Waals surface area contributed by atoms with Gasteiger partial charge >= 0.3 is 0 Å². The summed E-state index contributed by atoms with van der Waals surface area (Å²) in [6.45, 7) is 0. The van der Waals surface area contributed by atoms with Crippen LogP contribution in [0.1, 0.15) is 20.7 Å². The van der Waals surface area contributed by atoms with Gasteiger partial charge in [0.05, 0.1) is 30.1 Å². The van der Waals surface area contributed by atoms with Crippen molar-refractivity contribution >= 4 is 39.7 Å². The molecule has 0 unspecified atom stereocenters. The summed E-state index contributed by atoms with van der Waals surface area (Å²) in [6.07, 6.45) is 1.51. The number of rotatable bonds is 5. The lowest BCUT2D eigenvalue weighted by Crippen LogP contribution is -2.16. The molecule has 1 aromatic carbocycles. The van der Waals surface area contributed by atoms with Crippen LogP contribution in [0.3, 0.4) is 0 Å². The summed E-state index contributed by atoms with van der Waals surface area (Å²) in [4.78, 5) is 29.3. The average molecular weight is 393 g/mol. The summed E-state index contributed by atoms with van der Waals surface area (Å²) < 4.78 is 10.7. The van der Waals surface area contributed by atoms with Crippen molar-refractivity contribution in [1.82, 2.24) is 4.98 Å². The Labute approximate surface area is 163 Å². The number of furan rings is 1. The predicted molar refractivity (Wildman–Crippen MR) is 107 cm³/mol. The second-order valence-electron chi connectivity index (χ2n) is 5.91. The summed E-state index contributed by atoms with van der Waals surface area (Å²) in [6, 6.07) is 10.3. The second kappa shape index (κ2) is 7.16. The van der Waals surface area contributed by atoms with Gasteiger partial charge in [-0.25, -0.2) is 4.98 Å². The number of hydrogen-bond donors (Lipinski definition) is 2. The van der Waals surface area contributed by atoms with Gasteiger partial charge in [-0.2, -0.15) is 11.3 Å². The molecule has 0 bridgehead atoms. The Kier molecular flexibility index (Phi) is 4.54. The number of nitrogens with one attached hydrogen (secondary N) is 1. The van der Waals surface area contributed by atoms with Gasteiger partial charge in [0.2, 0.25) is 5.88 Å². The van der Waals surface area contributed by atoms with Crippen molar-refractivity contribution in [2.24, 2.45) is 5.73 Å². The highest BCUT2D eigenvalue weighted by Gasteiger charge is 2.22. The molecule has 2 amide bonds. The fourth-order valence-electron chi connectivity index (χ4n) is 2.96. The van der Waals surface area contributed by atoms with Crippen molar-refractivity contribution in [2.45, 2.75) is 0 Å². The third-order valence-corrected chi connectivity index (χ3v) is 4.89. The van der Waals surface area contributed by atoms with Gasteiger partial charge < -0.3 is 20.2 Å². The largest absolute Gasteiger partial charge is 0.480 e. The molecule has 3 heterocycles. The van der Waals surface area contributed by atoms with Crippen LogP contribution in [0.4, 0.5) is 5.69 Å². The number of ether oxygens (including phenoxy) is 1. The fourth-order valence-corrected chi connectivity index (χ4v) is 3.55. The van der Waals surface area contributed by atoms with Crippen LogP contribution >= 0.6 is 11.3 Å². The summed E-state index contributed by atoms with van der Waals surface area (Å²) in [5.41, 5.74) is 7.63. The molecule has 3 aromatic heterocycles. The molecule has 3 N–H and O–H groups in total. The molecule has 0 saturated heterocycles. The van der Waals surface area contributed by atoms with E-state index in [2.05, 4.69) is 10.3 Å². The Balaban J connectivity index is 1.88. The molecule has 0 fully saturated rings. The van der Waals surface area contributed by atoms with E-state index in [9.17, 15) is 9.59 Å². The normalized spacial score (nSPS) is 10.8. The zero-order valence-electron chi connectivity index (χ0n) is 14.8. The van der Waals surface area contributed by atoms with E-state index in [1.807, 2.05) is 10.8 Å². The number of amides is 2. The SMILES string of the molecule is COc1nc2c(C(N)=O)c(-c3ccco3)ccc2cc1C(=O)Nc1ccsc1. The first-order valence-electron chi connectivity index (χ1n) is 8.27. The van der Waals surface area contributed by atoms with Gasteiger partial charge in [-0.05, 0) is 35.7 Å². The summed E-state index contributed by atoms with van der Waals surface area (Å²) in [7, 11) is 1.41. The lowest BCUT2D eigenvalue weighted by atomic mass is 9.99. The van der Waals surface area contributed by atoms with E-state index in [0.717, 1.165) is 0 Å². The van der Waals surface area contributed by atoms with Crippen molar-refractivity contribution in [2.75, 3.05) is 12.4 Å². The monoisotopic (exact) mass is 393 g/mol. The Morgan fingerprint density at radius 2 is 2.11 bits per heavy atom. The van der Waals surface area contributed by atoms with Crippen LogP contribution in [-0.2, 0) is 0 Å². The number of methoxy groups -OCH3 is 1. The standard InChI is InChI=1S/C20H15N3O4S/c1-26-20-14(19(25)22-12-6-8-28-10-12)9-11-4-5-13(15-3-2-7-27-15)16(18(21)24)17(11)23-20/h2-10H,1H3,(H2,21,24)(H,22,25). The average Bonchev–Trinajstić information content (AvgIpc) is 3.39. The minimum absolute atomic E-state index is 0.0966. The Hall–Kier alpha value is -3.65. The number of thiophene rings is 1.